The number of ether oxygens (including phenoxy) is 1. The highest BCUT2D eigenvalue weighted by Gasteiger charge is 2.29. The standard InChI is InChI=1S/C15H22N4O3/c1-11(14(20)17-15(16)21)18-6-8-19(9-7-18)12-4-3-5-13(10-12)22-2/h3-5,10-11H,6-9H2,1-2H3,(H3,16,17,20,21)/p+1/t11-/m1/s1. The normalized spacial score (nSPS) is 16.9. The van der Waals surface area contributed by atoms with Crippen LogP contribution in [0.15, 0.2) is 24.3 Å². The number of nitrogens with zero attached hydrogens (tertiary/aromatic N) is 1. The number of urea groups is 1. The fraction of sp³-hybridized carbons (Fsp3) is 0.467. The molecule has 0 bridgehead atoms. The molecular formula is C15H23N4O3+. The van der Waals surface area contributed by atoms with E-state index in [2.05, 4.69) is 16.3 Å². The molecule has 22 heavy (non-hydrogen) atoms. The zero-order valence-corrected chi connectivity index (χ0v) is 13.0. The van der Waals surface area contributed by atoms with Crippen LogP contribution in [-0.4, -0.2) is 51.3 Å². The number of piperazine rings is 1. The minimum absolute atomic E-state index is 0.292. The van der Waals surface area contributed by atoms with Crippen LogP contribution in [0, 0.1) is 0 Å². The summed E-state index contributed by atoms with van der Waals surface area (Å²) in [7, 11) is 1.65. The van der Waals surface area contributed by atoms with E-state index in [1.54, 1.807) is 7.11 Å². The monoisotopic (exact) mass is 307 g/mol. The van der Waals surface area contributed by atoms with E-state index < -0.39 is 6.03 Å². The molecule has 120 valence electrons. The highest BCUT2D eigenvalue weighted by atomic mass is 16.5. The van der Waals surface area contributed by atoms with Gasteiger partial charge < -0.3 is 20.3 Å². The van der Waals surface area contributed by atoms with Crippen molar-refractivity contribution < 1.29 is 19.2 Å². The molecule has 0 aromatic heterocycles. The Bertz CT molecular complexity index is 541. The Morgan fingerprint density at radius 1 is 1.36 bits per heavy atom. The van der Waals surface area contributed by atoms with Crippen LogP contribution in [0.1, 0.15) is 6.92 Å². The van der Waals surface area contributed by atoms with Gasteiger partial charge in [-0.25, -0.2) is 4.79 Å². The third-order valence-electron chi connectivity index (χ3n) is 4.08. The van der Waals surface area contributed by atoms with E-state index in [1.165, 1.54) is 0 Å². The second-order valence-electron chi connectivity index (χ2n) is 5.42. The zero-order chi connectivity index (χ0) is 16.1. The van der Waals surface area contributed by atoms with Crippen molar-refractivity contribution in [1.29, 1.82) is 0 Å². The number of hydrogen-bond donors (Lipinski definition) is 3. The number of rotatable bonds is 4. The van der Waals surface area contributed by atoms with Crippen molar-refractivity contribution in [3.05, 3.63) is 24.3 Å². The zero-order valence-electron chi connectivity index (χ0n) is 13.0. The van der Waals surface area contributed by atoms with E-state index in [0.717, 1.165) is 42.5 Å². The Kier molecular flexibility index (Phi) is 5.21. The van der Waals surface area contributed by atoms with E-state index in [1.807, 2.05) is 25.1 Å². The number of methoxy groups -OCH3 is 1. The maximum absolute atomic E-state index is 11.8. The van der Waals surface area contributed by atoms with Gasteiger partial charge in [0.05, 0.1) is 33.3 Å². The lowest BCUT2D eigenvalue weighted by molar-refractivity contribution is -0.914. The summed E-state index contributed by atoms with van der Waals surface area (Å²) in [6, 6.07) is 6.86. The molecule has 2 rings (SSSR count). The third-order valence-corrected chi connectivity index (χ3v) is 4.08. The number of benzene rings is 1. The molecule has 1 aromatic carbocycles. The topological polar surface area (TPSA) is 89.1 Å². The van der Waals surface area contributed by atoms with Crippen LogP contribution >= 0.6 is 0 Å². The summed E-state index contributed by atoms with van der Waals surface area (Å²) in [5, 5.41) is 2.15. The van der Waals surface area contributed by atoms with Crippen molar-refractivity contribution in [2.24, 2.45) is 5.73 Å². The molecule has 1 aliphatic heterocycles. The second kappa shape index (κ2) is 7.13. The summed E-state index contributed by atoms with van der Waals surface area (Å²) in [4.78, 5) is 26.0. The van der Waals surface area contributed by atoms with Gasteiger partial charge in [0.2, 0.25) is 0 Å². The Morgan fingerprint density at radius 2 is 2.05 bits per heavy atom. The summed E-state index contributed by atoms with van der Waals surface area (Å²) in [6.07, 6.45) is 0. The van der Waals surface area contributed by atoms with Gasteiger partial charge in [-0.15, -0.1) is 0 Å². The van der Waals surface area contributed by atoms with Crippen LogP contribution in [0.25, 0.3) is 0 Å². The lowest BCUT2D eigenvalue weighted by atomic mass is 10.2. The fourth-order valence-electron chi connectivity index (χ4n) is 2.71. The fourth-order valence-corrected chi connectivity index (χ4v) is 2.71. The van der Waals surface area contributed by atoms with Gasteiger partial charge in [0, 0.05) is 11.8 Å². The van der Waals surface area contributed by atoms with Gasteiger partial charge in [0.15, 0.2) is 6.04 Å². The quantitative estimate of drug-likeness (QED) is 0.664. The van der Waals surface area contributed by atoms with Crippen molar-refractivity contribution >= 4 is 17.6 Å². The van der Waals surface area contributed by atoms with Gasteiger partial charge in [-0.2, -0.15) is 0 Å². The molecule has 1 atom stereocenters. The Hall–Kier alpha value is -2.28. The molecule has 1 saturated heterocycles. The summed E-state index contributed by atoms with van der Waals surface area (Å²) in [6.45, 7) is 5.15. The molecule has 7 nitrogen and oxygen atoms in total. The second-order valence-corrected chi connectivity index (χ2v) is 5.42. The number of primary amides is 1. The first-order valence-electron chi connectivity index (χ1n) is 7.35. The molecule has 1 fully saturated rings. The molecule has 0 unspecified atom stereocenters. The average Bonchev–Trinajstić information content (AvgIpc) is 2.53. The first-order chi connectivity index (χ1) is 10.5. The number of imide groups is 1. The first-order valence-corrected chi connectivity index (χ1v) is 7.35. The van der Waals surface area contributed by atoms with Crippen LogP contribution in [0.5, 0.6) is 5.75 Å². The lowest BCUT2D eigenvalue weighted by Gasteiger charge is -2.35. The van der Waals surface area contributed by atoms with Gasteiger partial charge in [-0.05, 0) is 19.1 Å². The summed E-state index contributed by atoms with van der Waals surface area (Å²) in [5.41, 5.74) is 6.10. The minimum atomic E-state index is -0.800. The Balaban J connectivity index is 1.92. The van der Waals surface area contributed by atoms with E-state index in [4.69, 9.17) is 10.5 Å². The van der Waals surface area contributed by atoms with Crippen LogP contribution in [-0.2, 0) is 4.79 Å². The number of carbonyl (C=O) groups excluding carboxylic acids is 2. The number of quaternary nitrogens is 1. The number of anilines is 1. The van der Waals surface area contributed by atoms with E-state index in [-0.39, 0.29) is 11.9 Å². The van der Waals surface area contributed by atoms with Crippen molar-refractivity contribution in [3.8, 4) is 5.75 Å². The van der Waals surface area contributed by atoms with Crippen LogP contribution in [0.4, 0.5) is 10.5 Å². The van der Waals surface area contributed by atoms with Crippen molar-refractivity contribution in [3.63, 3.8) is 0 Å². The van der Waals surface area contributed by atoms with Gasteiger partial charge in [0.1, 0.15) is 5.75 Å². The van der Waals surface area contributed by atoms with Gasteiger partial charge in [0.25, 0.3) is 5.91 Å². The highest BCUT2D eigenvalue weighted by molar-refractivity contribution is 5.95. The summed E-state index contributed by atoms with van der Waals surface area (Å²) in [5.74, 6) is 0.513. The third kappa shape index (κ3) is 3.88. The van der Waals surface area contributed by atoms with E-state index in [0.29, 0.717) is 0 Å². The average molecular weight is 307 g/mol. The molecule has 0 radical (unpaired) electrons. The maximum atomic E-state index is 11.8. The molecule has 1 heterocycles. The molecule has 0 aliphatic carbocycles. The number of hydrogen-bond acceptors (Lipinski definition) is 4. The van der Waals surface area contributed by atoms with E-state index in [9.17, 15) is 9.59 Å². The molecule has 0 spiro atoms. The molecule has 1 aromatic rings. The van der Waals surface area contributed by atoms with Crippen molar-refractivity contribution in [2.45, 2.75) is 13.0 Å². The van der Waals surface area contributed by atoms with E-state index >= 15 is 0 Å². The lowest BCUT2D eigenvalue weighted by Crippen LogP contribution is -3.19. The molecular weight excluding hydrogens is 284 g/mol. The smallest absolute Gasteiger partial charge is 0.319 e. The Morgan fingerprint density at radius 3 is 2.64 bits per heavy atom. The summed E-state index contributed by atoms with van der Waals surface area (Å²) < 4.78 is 5.24. The maximum Gasteiger partial charge on any atom is 0.319 e. The molecule has 3 amide bonds. The Labute approximate surface area is 130 Å². The van der Waals surface area contributed by atoms with Crippen molar-refractivity contribution in [1.82, 2.24) is 5.32 Å². The van der Waals surface area contributed by atoms with Gasteiger partial charge in [-0.3, -0.25) is 10.1 Å². The summed E-state index contributed by atoms with van der Waals surface area (Å²) >= 11 is 0. The number of amides is 3. The van der Waals surface area contributed by atoms with Gasteiger partial charge >= 0.3 is 6.03 Å². The van der Waals surface area contributed by atoms with Gasteiger partial charge in [-0.1, -0.05) is 6.07 Å². The largest absolute Gasteiger partial charge is 0.497 e. The molecule has 4 N–H and O–H groups in total. The predicted molar refractivity (Wildman–Crippen MR) is 83.1 cm³/mol. The SMILES string of the molecule is COc1cccc(N2CC[NH+]([C@H](C)C(=O)NC(N)=O)CC2)c1. The number of nitrogens with one attached hydrogen (secondary N) is 2. The van der Waals surface area contributed by atoms with Crippen LogP contribution in [0.2, 0.25) is 0 Å². The predicted octanol–water partition coefficient (Wildman–Crippen LogP) is -1.02. The first kappa shape index (κ1) is 16.1. The molecule has 1 aliphatic rings. The number of carbonyl (C=O) groups is 2. The molecule has 7 heteroatoms. The van der Waals surface area contributed by atoms with Crippen molar-refractivity contribution in [2.75, 3.05) is 38.2 Å². The minimum Gasteiger partial charge on any atom is -0.497 e. The van der Waals surface area contributed by atoms with Crippen LogP contribution in [0.3, 0.4) is 0 Å². The van der Waals surface area contributed by atoms with Crippen LogP contribution < -0.4 is 25.6 Å². The molecule has 0 saturated carbocycles. The number of nitrogens with two attached hydrogens (primary N) is 1. The highest BCUT2D eigenvalue weighted by Crippen LogP contribution is 2.20.